The molecule has 2 saturated heterocycles. The molecule has 3 aliphatic carbocycles. The molecule has 5 aliphatic rings. The van der Waals surface area contributed by atoms with Gasteiger partial charge in [0, 0.05) is 30.5 Å². The molecule has 2 heterocycles. The zero-order chi connectivity index (χ0) is 32.4. The van der Waals surface area contributed by atoms with Crippen molar-refractivity contribution >= 4 is 39.5 Å². The number of fused-ring (bicyclic) bond motifs is 3. The number of urea groups is 1. The second-order valence-corrected chi connectivity index (χ2v) is 14.5. The van der Waals surface area contributed by atoms with Gasteiger partial charge >= 0.3 is 6.03 Å². The van der Waals surface area contributed by atoms with Crippen molar-refractivity contribution in [2.75, 3.05) is 20.1 Å². The van der Waals surface area contributed by atoms with Crippen LogP contribution in [0.5, 0.6) is 0 Å². The maximum absolute atomic E-state index is 13.9. The van der Waals surface area contributed by atoms with Gasteiger partial charge in [0.2, 0.25) is 21.8 Å². The molecule has 0 spiro atoms. The van der Waals surface area contributed by atoms with Crippen molar-refractivity contribution in [3.05, 3.63) is 72.3 Å². The monoisotopic (exact) mass is 646 g/mol. The molecule has 2 aliphatic heterocycles. The number of likely N-dealkylation sites (tertiary alicyclic amines) is 1. The molecule has 2 aromatic rings. The van der Waals surface area contributed by atoms with Crippen LogP contribution >= 0.6 is 0 Å². The lowest BCUT2D eigenvalue weighted by Crippen LogP contribution is -2.58. The summed E-state index contributed by atoms with van der Waals surface area (Å²) >= 11 is 0. The standard InChI is InChI=1S/C32H34N6O7S/c1-3-18-15-32(18,30(41)36-46(43,44)20-12-13-20)34-28(39)26-14-19(16-38(26)29(40)25-17-37(2)31(42)33-25)45-35-27-23-10-6-4-8-21(23)22-9-5-7-11-24(22)27/h3-11,18-20,25-26H,1,12-17H2,2H3,(H,33,42)(H,34,39)(H,36,41)/t18-,19-,25+,26+,32-/m1/s1. The topological polar surface area (TPSA) is 167 Å². The molecule has 5 atom stereocenters. The van der Waals surface area contributed by atoms with E-state index >= 15 is 0 Å². The normalized spacial score (nSPS) is 27.8. The van der Waals surface area contributed by atoms with Crippen LogP contribution in [-0.2, 0) is 29.2 Å². The van der Waals surface area contributed by atoms with E-state index in [4.69, 9.17) is 4.84 Å². The van der Waals surface area contributed by atoms with E-state index < -0.39 is 68.7 Å². The first-order chi connectivity index (χ1) is 22.0. The third-order valence-electron chi connectivity index (χ3n) is 9.44. The van der Waals surface area contributed by atoms with Crippen LogP contribution in [-0.4, -0.2) is 96.8 Å². The van der Waals surface area contributed by atoms with E-state index in [2.05, 4.69) is 27.1 Å². The number of hydrogen-bond donors (Lipinski definition) is 3. The van der Waals surface area contributed by atoms with Crippen LogP contribution in [0.25, 0.3) is 11.1 Å². The van der Waals surface area contributed by atoms with Crippen molar-refractivity contribution in [1.29, 1.82) is 0 Å². The molecule has 0 aromatic heterocycles. The molecule has 2 saturated carbocycles. The molecule has 0 bridgehead atoms. The summed E-state index contributed by atoms with van der Waals surface area (Å²) in [6, 6.07) is 13.3. The highest BCUT2D eigenvalue weighted by atomic mass is 32.2. The first-order valence-electron chi connectivity index (χ1n) is 15.3. The van der Waals surface area contributed by atoms with Gasteiger partial charge in [0.1, 0.15) is 29.4 Å². The maximum Gasteiger partial charge on any atom is 0.317 e. The molecule has 2 aromatic carbocycles. The Balaban J connectivity index is 1.14. The Morgan fingerprint density at radius 3 is 2.22 bits per heavy atom. The van der Waals surface area contributed by atoms with E-state index in [-0.39, 0.29) is 25.9 Å². The summed E-state index contributed by atoms with van der Waals surface area (Å²) in [6.45, 7) is 3.87. The van der Waals surface area contributed by atoms with Crippen LogP contribution in [0.4, 0.5) is 4.79 Å². The van der Waals surface area contributed by atoms with Gasteiger partial charge in [-0.1, -0.05) is 59.8 Å². The maximum atomic E-state index is 13.9. The molecule has 240 valence electrons. The van der Waals surface area contributed by atoms with Crippen LogP contribution in [0.2, 0.25) is 0 Å². The molecule has 14 heteroatoms. The van der Waals surface area contributed by atoms with Crippen molar-refractivity contribution in [3.63, 3.8) is 0 Å². The van der Waals surface area contributed by atoms with Crippen molar-refractivity contribution in [3.8, 4) is 11.1 Å². The summed E-state index contributed by atoms with van der Waals surface area (Å²) in [6.07, 6.45) is 2.00. The highest BCUT2D eigenvalue weighted by Gasteiger charge is 2.62. The number of nitrogens with one attached hydrogen (secondary N) is 3. The van der Waals surface area contributed by atoms with Crippen molar-refractivity contribution < 1.29 is 32.4 Å². The lowest BCUT2D eigenvalue weighted by molar-refractivity contribution is -0.140. The third-order valence-corrected chi connectivity index (χ3v) is 11.3. The molecule has 0 radical (unpaired) electrons. The summed E-state index contributed by atoms with van der Waals surface area (Å²) < 4.78 is 27.2. The Labute approximate surface area is 266 Å². The van der Waals surface area contributed by atoms with Crippen LogP contribution in [0.15, 0.2) is 66.3 Å². The number of oxime groups is 1. The molecule has 3 N–H and O–H groups in total. The van der Waals surface area contributed by atoms with Gasteiger partial charge in [0.15, 0.2) is 0 Å². The van der Waals surface area contributed by atoms with E-state index in [1.165, 1.54) is 15.9 Å². The van der Waals surface area contributed by atoms with E-state index in [0.29, 0.717) is 18.6 Å². The average Bonchev–Trinajstić information content (AvgIpc) is 3.92. The molecule has 0 unspecified atom stereocenters. The number of sulfonamides is 1. The second-order valence-electron chi connectivity index (χ2n) is 12.6. The molecule has 7 rings (SSSR count). The average molecular weight is 647 g/mol. The lowest BCUT2D eigenvalue weighted by Gasteiger charge is -2.28. The number of carbonyl (C=O) groups excluding carboxylic acids is 4. The minimum absolute atomic E-state index is 0.00716. The summed E-state index contributed by atoms with van der Waals surface area (Å²) in [5, 5.41) is 9.31. The van der Waals surface area contributed by atoms with Crippen LogP contribution in [0.1, 0.15) is 36.8 Å². The number of carbonyl (C=O) groups is 4. The van der Waals surface area contributed by atoms with Gasteiger partial charge in [0.25, 0.3) is 5.91 Å². The summed E-state index contributed by atoms with van der Waals surface area (Å²) in [7, 11) is -2.29. The molecular formula is C32H34N6O7S. The summed E-state index contributed by atoms with van der Waals surface area (Å²) in [4.78, 5) is 61.8. The van der Waals surface area contributed by atoms with E-state index in [0.717, 1.165) is 22.3 Å². The summed E-state index contributed by atoms with van der Waals surface area (Å²) in [5.41, 5.74) is 2.98. The van der Waals surface area contributed by atoms with Gasteiger partial charge < -0.3 is 25.3 Å². The largest absolute Gasteiger partial charge is 0.390 e. The third kappa shape index (κ3) is 5.10. The van der Waals surface area contributed by atoms with Gasteiger partial charge in [-0.15, -0.1) is 6.58 Å². The van der Waals surface area contributed by atoms with E-state index in [1.807, 2.05) is 48.5 Å². The number of hydrogen-bond acceptors (Lipinski definition) is 8. The SMILES string of the molecule is C=C[C@@H]1C[C@]1(NC(=O)[C@@H]1C[C@@H](ON=C2c3ccccc3-c3ccccc32)CN1C(=O)[C@@H]1CN(C)C(=O)N1)C(=O)NS(=O)(=O)C1CC1. The predicted molar refractivity (Wildman–Crippen MR) is 167 cm³/mol. The molecule has 4 fully saturated rings. The highest BCUT2D eigenvalue weighted by molar-refractivity contribution is 7.91. The Hall–Kier alpha value is -4.72. The Morgan fingerprint density at radius 1 is 1.04 bits per heavy atom. The smallest absolute Gasteiger partial charge is 0.317 e. The number of likely N-dealkylation sites (N-methyl/N-ethyl adjacent to an activating group) is 1. The minimum atomic E-state index is -3.86. The quantitative estimate of drug-likeness (QED) is 0.231. The predicted octanol–water partition coefficient (Wildman–Crippen LogP) is 1.10. The molecule has 5 amide bonds. The molecular weight excluding hydrogens is 612 g/mol. The van der Waals surface area contributed by atoms with Gasteiger partial charge in [-0.25, -0.2) is 13.2 Å². The molecule has 13 nitrogen and oxygen atoms in total. The minimum Gasteiger partial charge on any atom is -0.390 e. The van der Waals surface area contributed by atoms with E-state index in [1.54, 1.807) is 7.05 Å². The van der Waals surface area contributed by atoms with Crippen LogP contribution in [0.3, 0.4) is 0 Å². The van der Waals surface area contributed by atoms with Crippen LogP contribution < -0.4 is 15.4 Å². The second kappa shape index (κ2) is 11.0. The van der Waals surface area contributed by atoms with Gasteiger partial charge in [0.05, 0.1) is 18.3 Å². The van der Waals surface area contributed by atoms with Gasteiger partial charge in [-0.3, -0.25) is 19.1 Å². The fourth-order valence-electron chi connectivity index (χ4n) is 6.61. The fraction of sp³-hybridized carbons (Fsp3) is 0.406. The van der Waals surface area contributed by atoms with Crippen molar-refractivity contribution in [2.45, 2.75) is 54.7 Å². The van der Waals surface area contributed by atoms with Gasteiger partial charge in [-0.2, -0.15) is 0 Å². The Morgan fingerprint density at radius 2 is 1.67 bits per heavy atom. The Kier molecular flexibility index (Phi) is 7.14. The van der Waals surface area contributed by atoms with Gasteiger partial charge in [-0.05, 0) is 30.4 Å². The number of amides is 5. The highest BCUT2D eigenvalue weighted by Crippen LogP contribution is 2.45. The van der Waals surface area contributed by atoms with Crippen molar-refractivity contribution in [1.82, 2.24) is 25.2 Å². The zero-order valence-corrected chi connectivity index (χ0v) is 26.0. The Bertz CT molecular complexity index is 1760. The zero-order valence-electron chi connectivity index (χ0n) is 25.1. The van der Waals surface area contributed by atoms with Crippen LogP contribution in [0, 0.1) is 5.92 Å². The lowest BCUT2D eigenvalue weighted by atomic mass is 10.1. The molecule has 46 heavy (non-hydrogen) atoms. The first kappa shape index (κ1) is 30.0. The van der Waals surface area contributed by atoms with E-state index in [9.17, 15) is 27.6 Å². The number of rotatable bonds is 9. The number of benzene rings is 2. The first-order valence-corrected chi connectivity index (χ1v) is 16.8. The number of nitrogens with zero attached hydrogens (tertiary/aromatic N) is 3. The summed E-state index contributed by atoms with van der Waals surface area (Å²) in [5.74, 6) is -2.42. The van der Waals surface area contributed by atoms with Crippen molar-refractivity contribution in [2.24, 2.45) is 11.1 Å². The fourth-order valence-corrected chi connectivity index (χ4v) is 7.97.